The van der Waals surface area contributed by atoms with Gasteiger partial charge in [-0.25, -0.2) is 0 Å². The molecule has 0 amide bonds. The van der Waals surface area contributed by atoms with E-state index in [9.17, 15) is 0 Å². The summed E-state index contributed by atoms with van der Waals surface area (Å²) >= 11 is 6.93. The number of hydrogen-bond acceptors (Lipinski definition) is 6. The van der Waals surface area contributed by atoms with Gasteiger partial charge in [0.1, 0.15) is 23.9 Å². The lowest BCUT2D eigenvalue weighted by Gasteiger charge is -2.32. The lowest BCUT2D eigenvalue weighted by atomic mass is 9.92. The third kappa shape index (κ3) is 6.30. The van der Waals surface area contributed by atoms with E-state index < -0.39 is 0 Å². The second kappa shape index (κ2) is 13.5. The van der Waals surface area contributed by atoms with Crippen LogP contribution in [0.25, 0.3) is 33.0 Å². The standard InChI is InChI=1S/C36H34INO4S/c1-39-27-12-13-28(34(18-27)40-2)29-19-30-31(20-33(29)38-14-16-41-17-15-38)36(26-10-8-25(23-43)9-11-26)32(37)21-35(30)42-22-24-6-4-3-5-7-24/h3-13,18-21,43H,14-17,22-23H2,1-2H3. The summed E-state index contributed by atoms with van der Waals surface area (Å²) in [6.07, 6.45) is 0. The molecule has 1 fully saturated rings. The third-order valence-electron chi connectivity index (χ3n) is 7.88. The molecule has 43 heavy (non-hydrogen) atoms. The zero-order chi connectivity index (χ0) is 29.8. The summed E-state index contributed by atoms with van der Waals surface area (Å²) in [5.41, 5.74) is 7.89. The fourth-order valence-electron chi connectivity index (χ4n) is 5.62. The molecule has 7 heteroatoms. The number of nitrogens with zero attached hydrogens (tertiary/aromatic N) is 1. The van der Waals surface area contributed by atoms with E-state index in [0.717, 1.165) is 72.6 Å². The van der Waals surface area contributed by atoms with Gasteiger partial charge in [0.15, 0.2) is 0 Å². The van der Waals surface area contributed by atoms with Gasteiger partial charge in [0.05, 0.1) is 27.4 Å². The van der Waals surface area contributed by atoms with Crippen molar-refractivity contribution in [2.45, 2.75) is 12.4 Å². The van der Waals surface area contributed by atoms with E-state index in [1.165, 1.54) is 11.1 Å². The van der Waals surface area contributed by atoms with E-state index in [1.807, 2.05) is 30.3 Å². The molecular formula is C36H34INO4S. The first-order valence-electron chi connectivity index (χ1n) is 14.3. The van der Waals surface area contributed by atoms with E-state index in [0.29, 0.717) is 25.6 Å². The molecule has 0 radical (unpaired) electrons. The fourth-order valence-corrected chi connectivity index (χ4v) is 6.72. The minimum Gasteiger partial charge on any atom is -0.497 e. The second-order valence-corrected chi connectivity index (χ2v) is 11.9. The quantitative estimate of drug-likeness (QED) is 0.123. The van der Waals surface area contributed by atoms with Gasteiger partial charge in [-0.15, -0.1) is 0 Å². The molecule has 1 aliphatic rings. The van der Waals surface area contributed by atoms with Crippen LogP contribution in [0.1, 0.15) is 11.1 Å². The van der Waals surface area contributed by atoms with Crippen LogP contribution in [0.3, 0.4) is 0 Å². The van der Waals surface area contributed by atoms with E-state index in [1.54, 1.807) is 14.2 Å². The van der Waals surface area contributed by atoms with Crippen molar-refractivity contribution in [1.29, 1.82) is 0 Å². The first-order chi connectivity index (χ1) is 21.1. The number of morpholine rings is 1. The maximum absolute atomic E-state index is 6.58. The Hall–Kier alpha value is -3.40. The average molecular weight is 704 g/mol. The highest BCUT2D eigenvalue weighted by Gasteiger charge is 2.23. The Labute approximate surface area is 272 Å². The van der Waals surface area contributed by atoms with Gasteiger partial charge in [0, 0.05) is 56.2 Å². The molecule has 0 unspecified atom stereocenters. The third-order valence-corrected chi connectivity index (χ3v) is 9.10. The molecule has 0 N–H and O–H groups in total. The molecule has 0 aliphatic carbocycles. The molecule has 5 aromatic carbocycles. The molecule has 0 bridgehead atoms. The van der Waals surface area contributed by atoms with Crippen molar-refractivity contribution in [3.8, 4) is 39.5 Å². The van der Waals surface area contributed by atoms with Crippen LogP contribution >= 0.6 is 35.2 Å². The minimum absolute atomic E-state index is 0.481. The van der Waals surface area contributed by atoms with Gasteiger partial charge in [0.2, 0.25) is 0 Å². The molecule has 6 rings (SSSR count). The van der Waals surface area contributed by atoms with Crippen LogP contribution in [0, 0.1) is 3.57 Å². The van der Waals surface area contributed by atoms with Crippen LogP contribution in [-0.2, 0) is 17.1 Å². The minimum atomic E-state index is 0.481. The van der Waals surface area contributed by atoms with Crippen molar-refractivity contribution >= 4 is 51.7 Å². The Bertz CT molecular complexity index is 1720. The monoisotopic (exact) mass is 703 g/mol. The summed E-state index contributed by atoms with van der Waals surface area (Å²) in [5.74, 6) is 3.07. The topological polar surface area (TPSA) is 40.2 Å². The highest BCUT2D eigenvalue weighted by Crippen LogP contribution is 2.46. The first-order valence-corrected chi connectivity index (χ1v) is 16.0. The number of hydrogen-bond donors (Lipinski definition) is 1. The number of benzene rings is 5. The Balaban J connectivity index is 1.61. The number of thiol groups is 1. The van der Waals surface area contributed by atoms with Gasteiger partial charge < -0.3 is 23.8 Å². The number of rotatable bonds is 9. The molecule has 220 valence electrons. The zero-order valence-corrected chi connectivity index (χ0v) is 27.4. The van der Waals surface area contributed by atoms with E-state index in [2.05, 4.69) is 101 Å². The maximum Gasteiger partial charge on any atom is 0.130 e. The number of ether oxygens (including phenoxy) is 4. The maximum atomic E-state index is 6.58. The van der Waals surface area contributed by atoms with Crippen molar-refractivity contribution in [3.05, 3.63) is 106 Å². The molecule has 1 saturated heterocycles. The second-order valence-electron chi connectivity index (χ2n) is 10.4. The van der Waals surface area contributed by atoms with Gasteiger partial charge in [-0.1, -0.05) is 54.6 Å². The zero-order valence-electron chi connectivity index (χ0n) is 24.3. The summed E-state index contributed by atoms with van der Waals surface area (Å²) < 4.78 is 24.9. The highest BCUT2D eigenvalue weighted by molar-refractivity contribution is 14.1. The summed E-state index contributed by atoms with van der Waals surface area (Å²) in [4.78, 5) is 2.42. The number of fused-ring (bicyclic) bond motifs is 1. The van der Waals surface area contributed by atoms with Crippen molar-refractivity contribution < 1.29 is 18.9 Å². The van der Waals surface area contributed by atoms with Crippen LogP contribution in [0.15, 0.2) is 91.0 Å². The SMILES string of the molecule is COc1ccc(-c2cc3c(OCc4ccccc4)cc(I)c(-c4ccc(CS)cc4)c3cc2N2CCOCC2)c(OC)c1. The van der Waals surface area contributed by atoms with Crippen LogP contribution in [0.2, 0.25) is 0 Å². The van der Waals surface area contributed by atoms with Crippen molar-refractivity contribution in [2.24, 2.45) is 0 Å². The van der Waals surface area contributed by atoms with Crippen LogP contribution < -0.4 is 19.1 Å². The summed E-state index contributed by atoms with van der Waals surface area (Å²) in [5, 5.41) is 2.20. The number of anilines is 1. The predicted molar refractivity (Wildman–Crippen MR) is 187 cm³/mol. The number of methoxy groups -OCH3 is 2. The Morgan fingerprint density at radius 1 is 0.767 bits per heavy atom. The molecule has 0 aromatic heterocycles. The lowest BCUT2D eigenvalue weighted by Crippen LogP contribution is -2.36. The molecule has 5 nitrogen and oxygen atoms in total. The largest absolute Gasteiger partial charge is 0.497 e. The molecule has 0 atom stereocenters. The Kier molecular flexibility index (Phi) is 9.31. The predicted octanol–water partition coefficient (Wildman–Crippen LogP) is 8.64. The molecule has 1 heterocycles. The van der Waals surface area contributed by atoms with Crippen molar-refractivity contribution in [3.63, 3.8) is 0 Å². The molecule has 0 saturated carbocycles. The summed E-state index contributed by atoms with van der Waals surface area (Å²) in [6, 6.07) is 31.8. The van der Waals surface area contributed by atoms with Gasteiger partial charge in [-0.05, 0) is 75.0 Å². The molecule has 5 aromatic rings. The molecule has 1 aliphatic heterocycles. The summed E-state index contributed by atoms with van der Waals surface area (Å²) in [6.45, 7) is 3.48. The van der Waals surface area contributed by atoms with Gasteiger partial charge >= 0.3 is 0 Å². The summed E-state index contributed by atoms with van der Waals surface area (Å²) in [7, 11) is 3.38. The highest BCUT2D eigenvalue weighted by atomic mass is 127. The fraction of sp³-hybridized carbons (Fsp3) is 0.222. The van der Waals surface area contributed by atoms with Gasteiger partial charge in [-0.2, -0.15) is 12.6 Å². The van der Waals surface area contributed by atoms with Crippen molar-refractivity contribution in [2.75, 3.05) is 45.4 Å². The van der Waals surface area contributed by atoms with Crippen molar-refractivity contribution in [1.82, 2.24) is 0 Å². The Morgan fingerprint density at radius 3 is 2.23 bits per heavy atom. The van der Waals surface area contributed by atoms with Crippen LogP contribution in [0.5, 0.6) is 17.2 Å². The lowest BCUT2D eigenvalue weighted by molar-refractivity contribution is 0.123. The van der Waals surface area contributed by atoms with Gasteiger partial charge in [-0.3, -0.25) is 0 Å². The first kappa shape index (κ1) is 29.7. The smallest absolute Gasteiger partial charge is 0.130 e. The normalized spacial score (nSPS) is 13.3. The van der Waals surface area contributed by atoms with E-state index >= 15 is 0 Å². The Morgan fingerprint density at radius 2 is 1.53 bits per heavy atom. The van der Waals surface area contributed by atoms with E-state index in [4.69, 9.17) is 18.9 Å². The van der Waals surface area contributed by atoms with Crippen LogP contribution in [0.4, 0.5) is 5.69 Å². The number of halogens is 1. The van der Waals surface area contributed by atoms with E-state index in [-0.39, 0.29) is 0 Å². The molecular weight excluding hydrogens is 669 g/mol. The molecule has 0 spiro atoms. The average Bonchev–Trinajstić information content (AvgIpc) is 3.07. The van der Waals surface area contributed by atoms with Crippen LogP contribution in [-0.4, -0.2) is 40.5 Å². The van der Waals surface area contributed by atoms with Gasteiger partial charge in [0.25, 0.3) is 0 Å².